The van der Waals surface area contributed by atoms with Crippen LogP contribution in [0.5, 0.6) is 0 Å². The van der Waals surface area contributed by atoms with Crippen molar-refractivity contribution in [3.8, 4) is 17.5 Å². The minimum absolute atomic E-state index is 0.0945. The van der Waals surface area contributed by atoms with Gasteiger partial charge in [0.1, 0.15) is 11.1 Å². The fourth-order valence-corrected chi connectivity index (χ4v) is 5.22. The Balaban J connectivity index is 1.43. The van der Waals surface area contributed by atoms with E-state index in [1.54, 1.807) is 23.1 Å². The molecular weight excluding hydrogens is 504 g/mol. The van der Waals surface area contributed by atoms with Crippen molar-refractivity contribution < 1.29 is 18.7 Å². The number of carbonyl (C=O) groups excluding carboxylic acids is 2. The lowest BCUT2D eigenvalue weighted by atomic mass is 9.70. The zero-order valence-corrected chi connectivity index (χ0v) is 24.6. The van der Waals surface area contributed by atoms with Gasteiger partial charge >= 0.3 is 6.09 Å². The average molecular weight is 545 g/mol. The van der Waals surface area contributed by atoms with Gasteiger partial charge in [-0.05, 0) is 87.3 Å². The summed E-state index contributed by atoms with van der Waals surface area (Å²) in [4.78, 5) is 32.0. The van der Waals surface area contributed by atoms with Gasteiger partial charge in [-0.3, -0.25) is 4.79 Å². The molecule has 1 saturated heterocycles. The summed E-state index contributed by atoms with van der Waals surface area (Å²) in [6.45, 7) is 15.8. The number of likely N-dealkylation sites (tertiary alicyclic amines) is 1. The third-order valence-corrected chi connectivity index (χ3v) is 7.90. The molecule has 2 aromatic carbocycles. The number of ether oxygens (including phenoxy) is 1. The number of fused-ring (bicyclic) bond motifs is 1. The second-order valence-corrected chi connectivity index (χ2v) is 12.4. The third kappa shape index (κ3) is 6.30. The molecule has 0 bridgehead atoms. The molecule has 0 radical (unpaired) electrons. The maximum absolute atomic E-state index is 13.1. The second kappa shape index (κ2) is 11.3. The van der Waals surface area contributed by atoms with Gasteiger partial charge < -0.3 is 19.4 Å². The van der Waals surface area contributed by atoms with E-state index in [-0.39, 0.29) is 23.3 Å². The summed E-state index contributed by atoms with van der Waals surface area (Å²) >= 11 is 0. The molecule has 2 amide bonds. The summed E-state index contributed by atoms with van der Waals surface area (Å²) in [5, 5.41) is 12.5. The van der Waals surface area contributed by atoms with Crippen molar-refractivity contribution in [1.29, 1.82) is 5.26 Å². The Hall–Kier alpha value is -3.86. The van der Waals surface area contributed by atoms with E-state index in [0.717, 1.165) is 24.0 Å². The van der Waals surface area contributed by atoms with E-state index in [0.29, 0.717) is 53.7 Å². The lowest BCUT2D eigenvalue weighted by Crippen LogP contribution is -2.51. The molecule has 1 fully saturated rings. The van der Waals surface area contributed by atoms with Crippen molar-refractivity contribution >= 4 is 23.1 Å². The molecule has 212 valence electrons. The summed E-state index contributed by atoms with van der Waals surface area (Å²) < 4.78 is 11.6. The van der Waals surface area contributed by atoms with Crippen molar-refractivity contribution in [2.75, 3.05) is 19.6 Å². The largest absolute Gasteiger partial charge is 0.444 e. The Labute approximate surface area is 236 Å². The predicted molar refractivity (Wildman–Crippen MR) is 155 cm³/mol. The average Bonchev–Trinajstić information content (AvgIpc) is 3.34. The fraction of sp³-hybridized carbons (Fsp3) is 0.500. The van der Waals surface area contributed by atoms with E-state index in [1.165, 1.54) is 0 Å². The SMILES string of the molecule is CC(C)c1cc(C#N)cc2nc(-c3ccc(C(=O)NCC4(C(C)C)CCN(C(=O)OC(C)(C)C)CC4)cc3)oc12. The molecule has 0 atom stereocenters. The Morgan fingerprint density at radius 1 is 1.12 bits per heavy atom. The molecule has 3 aromatic rings. The number of carbonyl (C=O) groups is 2. The molecule has 0 saturated carbocycles. The van der Waals surface area contributed by atoms with Gasteiger partial charge in [0.05, 0.1) is 11.6 Å². The van der Waals surface area contributed by atoms with Crippen LogP contribution in [0, 0.1) is 22.7 Å². The van der Waals surface area contributed by atoms with Crippen LogP contribution in [0.25, 0.3) is 22.6 Å². The number of benzene rings is 2. The van der Waals surface area contributed by atoms with E-state index < -0.39 is 5.60 Å². The molecule has 0 aliphatic carbocycles. The summed E-state index contributed by atoms with van der Waals surface area (Å²) in [6, 6.07) is 13.0. The number of piperidine rings is 1. The van der Waals surface area contributed by atoms with Crippen LogP contribution in [0.4, 0.5) is 4.79 Å². The first-order valence-electron chi connectivity index (χ1n) is 14.0. The normalized spacial score (nSPS) is 15.3. The molecule has 8 heteroatoms. The van der Waals surface area contributed by atoms with E-state index in [9.17, 15) is 14.9 Å². The standard InChI is InChI=1S/C32H40N4O4/c1-20(2)25-16-22(18-33)17-26-27(25)39-29(35-26)24-10-8-23(9-11-24)28(37)34-19-32(21(3)4)12-14-36(15-13-32)30(38)40-31(5,6)7/h8-11,16-17,20-21H,12-15,19H2,1-7H3,(H,34,37). The lowest BCUT2D eigenvalue weighted by molar-refractivity contribution is 0.00265. The smallest absolute Gasteiger partial charge is 0.410 e. The van der Waals surface area contributed by atoms with E-state index in [1.807, 2.05) is 39.0 Å². The molecule has 2 heterocycles. The molecule has 1 aliphatic rings. The van der Waals surface area contributed by atoms with Crippen molar-refractivity contribution in [2.24, 2.45) is 11.3 Å². The number of amides is 2. The first-order chi connectivity index (χ1) is 18.8. The predicted octanol–water partition coefficient (Wildman–Crippen LogP) is 6.89. The van der Waals surface area contributed by atoms with Gasteiger partial charge in [-0.2, -0.15) is 5.26 Å². The van der Waals surface area contributed by atoms with Crippen LogP contribution in [0.2, 0.25) is 0 Å². The molecule has 1 N–H and O–H groups in total. The number of hydrogen-bond acceptors (Lipinski definition) is 6. The van der Waals surface area contributed by atoms with E-state index in [4.69, 9.17) is 9.15 Å². The maximum Gasteiger partial charge on any atom is 0.410 e. The quantitative estimate of drug-likeness (QED) is 0.362. The van der Waals surface area contributed by atoms with Crippen molar-refractivity contribution in [3.63, 3.8) is 0 Å². The van der Waals surface area contributed by atoms with Gasteiger partial charge in [-0.1, -0.05) is 27.7 Å². The van der Waals surface area contributed by atoms with Crippen molar-refractivity contribution in [1.82, 2.24) is 15.2 Å². The molecule has 0 spiro atoms. The Morgan fingerprint density at radius 3 is 2.33 bits per heavy atom. The minimum atomic E-state index is -0.522. The second-order valence-electron chi connectivity index (χ2n) is 12.4. The number of aromatic nitrogens is 1. The van der Waals surface area contributed by atoms with Crippen LogP contribution in [-0.4, -0.2) is 47.1 Å². The lowest BCUT2D eigenvalue weighted by Gasteiger charge is -2.44. The molecule has 0 unspecified atom stereocenters. The van der Waals surface area contributed by atoms with Crippen LogP contribution in [0.3, 0.4) is 0 Å². The van der Waals surface area contributed by atoms with Crippen LogP contribution < -0.4 is 5.32 Å². The Kier molecular flexibility index (Phi) is 8.25. The number of nitrogens with zero attached hydrogens (tertiary/aromatic N) is 3. The molecule has 1 aliphatic heterocycles. The topological polar surface area (TPSA) is 108 Å². The first-order valence-corrected chi connectivity index (χ1v) is 14.0. The van der Waals surface area contributed by atoms with Gasteiger partial charge in [-0.25, -0.2) is 9.78 Å². The molecular formula is C32H40N4O4. The zero-order chi connectivity index (χ0) is 29.2. The highest BCUT2D eigenvalue weighted by molar-refractivity contribution is 5.94. The van der Waals surface area contributed by atoms with Gasteiger partial charge in [0.25, 0.3) is 5.91 Å². The Bertz CT molecular complexity index is 1420. The van der Waals surface area contributed by atoms with E-state index in [2.05, 4.69) is 44.1 Å². The summed E-state index contributed by atoms with van der Waals surface area (Å²) in [6.07, 6.45) is 1.32. The van der Waals surface area contributed by atoms with Gasteiger partial charge in [0.15, 0.2) is 5.58 Å². The van der Waals surface area contributed by atoms with Crippen molar-refractivity contribution in [3.05, 3.63) is 53.1 Å². The highest BCUT2D eigenvalue weighted by Gasteiger charge is 2.39. The highest BCUT2D eigenvalue weighted by atomic mass is 16.6. The van der Waals surface area contributed by atoms with Gasteiger partial charge in [0, 0.05) is 36.3 Å². The molecule has 4 rings (SSSR count). The fourth-order valence-electron chi connectivity index (χ4n) is 5.22. The number of oxazole rings is 1. The maximum atomic E-state index is 13.1. The van der Waals surface area contributed by atoms with Crippen LogP contribution in [0.15, 0.2) is 40.8 Å². The molecule has 40 heavy (non-hydrogen) atoms. The van der Waals surface area contributed by atoms with E-state index >= 15 is 0 Å². The number of nitrogens with one attached hydrogen (secondary N) is 1. The summed E-state index contributed by atoms with van der Waals surface area (Å²) in [5.41, 5.74) is 3.53. The summed E-state index contributed by atoms with van der Waals surface area (Å²) in [5.74, 6) is 0.836. The van der Waals surface area contributed by atoms with Crippen LogP contribution in [-0.2, 0) is 4.74 Å². The van der Waals surface area contributed by atoms with Gasteiger partial charge in [0.2, 0.25) is 5.89 Å². The Morgan fingerprint density at radius 2 is 1.77 bits per heavy atom. The van der Waals surface area contributed by atoms with Crippen LogP contribution in [0.1, 0.15) is 88.7 Å². The molecule has 1 aromatic heterocycles. The first kappa shape index (κ1) is 29.1. The minimum Gasteiger partial charge on any atom is -0.444 e. The highest BCUT2D eigenvalue weighted by Crippen LogP contribution is 2.39. The number of rotatable bonds is 6. The number of nitriles is 1. The van der Waals surface area contributed by atoms with Crippen molar-refractivity contribution in [2.45, 2.75) is 72.8 Å². The number of hydrogen-bond donors (Lipinski definition) is 1. The molecule has 8 nitrogen and oxygen atoms in total. The summed E-state index contributed by atoms with van der Waals surface area (Å²) in [7, 11) is 0. The van der Waals surface area contributed by atoms with Crippen LogP contribution >= 0.6 is 0 Å². The monoisotopic (exact) mass is 544 g/mol. The van der Waals surface area contributed by atoms with Gasteiger partial charge in [-0.15, -0.1) is 0 Å². The third-order valence-electron chi connectivity index (χ3n) is 7.90. The zero-order valence-electron chi connectivity index (χ0n) is 24.6.